The van der Waals surface area contributed by atoms with Crippen molar-refractivity contribution < 1.29 is 9.15 Å². The second kappa shape index (κ2) is 4.22. The molecule has 0 bridgehead atoms. The summed E-state index contributed by atoms with van der Waals surface area (Å²) in [6, 6.07) is 10.3. The first-order valence-corrected chi connectivity index (χ1v) is 6.61. The van der Waals surface area contributed by atoms with Crippen LogP contribution in [0.4, 0.5) is 0 Å². The van der Waals surface area contributed by atoms with Crippen LogP contribution < -0.4 is 4.74 Å². The van der Waals surface area contributed by atoms with E-state index in [9.17, 15) is 0 Å². The van der Waals surface area contributed by atoms with Gasteiger partial charge in [-0.15, -0.1) is 0 Å². The Morgan fingerprint density at radius 2 is 2.12 bits per heavy atom. The number of aryl methyl sites for hydroxylation is 1. The van der Waals surface area contributed by atoms with Gasteiger partial charge in [-0.1, -0.05) is 28.1 Å². The molecule has 2 heterocycles. The van der Waals surface area contributed by atoms with Gasteiger partial charge in [0.1, 0.15) is 17.3 Å². The molecule has 0 aliphatic carbocycles. The van der Waals surface area contributed by atoms with E-state index in [1.165, 1.54) is 11.1 Å². The third-order valence-corrected chi connectivity index (χ3v) is 4.00. The Morgan fingerprint density at radius 3 is 2.88 bits per heavy atom. The molecule has 0 spiro atoms. The lowest BCUT2D eigenvalue weighted by Crippen LogP contribution is -1.91. The number of alkyl halides is 1. The standard InChI is InChI=1S/C14H13BrO2/c1-9-2-4-13(17-9)14(15)11-3-5-12-10(8-11)6-7-16-12/h2-5,8,14H,6-7H2,1H3. The summed E-state index contributed by atoms with van der Waals surface area (Å²) in [7, 11) is 0. The minimum atomic E-state index is 0.113. The lowest BCUT2D eigenvalue weighted by atomic mass is 10.1. The van der Waals surface area contributed by atoms with Crippen molar-refractivity contribution >= 4 is 15.9 Å². The highest BCUT2D eigenvalue weighted by Crippen LogP contribution is 2.35. The molecule has 2 aromatic rings. The van der Waals surface area contributed by atoms with Crippen molar-refractivity contribution in [1.29, 1.82) is 0 Å². The third kappa shape index (κ3) is 2.00. The van der Waals surface area contributed by atoms with Gasteiger partial charge in [-0.3, -0.25) is 0 Å². The molecule has 0 N–H and O–H groups in total. The van der Waals surface area contributed by atoms with Crippen LogP contribution in [0.3, 0.4) is 0 Å². The molecule has 88 valence electrons. The topological polar surface area (TPSA) is 22.4 Å². The fourth-order valence-corrected chi connectivity index (χ4v) is 2.65. The summed E-state index contributed by atoms with van der Waals surface area (Å²) < 4.78 is 11.1. The number of ether oxygens (including phenoxy) is 1. The van der Waals surface area contributed by atoms with Crippen LogP contribution in [0.2, 0.25) is 0 Å². The smallest absolute Gasteiger partial charge is 0.122 e. The number of rotatable bonds is 2. The van der Waals surface area contributed by atoms with Crippen molar-refractivity contribution in [2.75, 3.05) is 6.61 Å². The van der Waals surface area contributed by atoms with Crippen LogP contribution in [-0.4, -0.2) is 6.61 Å². The van der Waals surface area contributed by atoms with Crippen molar-refractivity contribution in [2.45, 2.75) is 18.2 Å². The molecule has 1 aromatic carbocycles. The number of hydrogen-bond acceptors (Lipinski definition) is 2. The molecule has 0 fully saturated rings. The highest BCUT2D eigenvalue weighted by atomic mass is 79.9. The van der Waals surface area contributed by atoms with Crippen LogP contribution in [0.25, 0.3) is 0 Å². The summed E-state index contributed by atoms with van der Waals surface area (Å²) >= 11 is 3.68. The van der Waals surface area contributed by atoms with Gasteiger partial charge >= 0.3 is 0 Å². The summed E-state index contributed by atoms with van der Waals surface area (Å²) in [6.45, 7) is 2.76. The Balaban J connectivity index is 1.94. The number of furan rings is 1. The molecule has 0 saturated carbocycles. The zero-order valence-electron chi connectivity index (χ0n) is 9.57. The van der Waals surface area contributed by atoms with E-state index in [0.29, 0.717) is 0 Å². The number of benzene rings is 1. The maximum Gasteiger partial charge on any atom is 0.122 e. The van der Waals surface area contributed by atoms with Crippen LogP contribution in [-0.2, 0) is 6.42 Å². The van der Waals surface area contributed by atoms with Gasteiger partial charge < -0.3 is 9.15 Å². The Labute approximate surface area is 109 Å². The molecule has 17 heavy (non-hydrogen) atoms. The predicted octanol–water partition coefficient (Wildman–Crippen LogP) is 4.01. The molecule has 1 unspecified atom stereocenters. The number of hydrogen-bond donors (Lipinski definition) is 0. The first-order valence-electron chi connectivity index (χ1n) is 5.70. The zero-order chi connectivity index (χ0) is 11.8. The van der Waals surface area contributed by atoms with Crippen molar-refractivity contribution in [3.05, 3.63) is 53.0 Å². The molecular formula is C14H13BrO2. The van der Waals surface area contributed by atoms with Crippen molar-refractivity contribution in [3.8, 4) is 5.75 Å². The monoisotopic (exact) mass is 292 g/mol. The van der Waals surface area contributed by atoms with E-state index in [1.807, 2.05) is 25.1 Å². The summed E-state index contributed by atoms with van der Waals surface area (Å²) in [6.07, 6.45) is 1.00. The average Bonchev–Trinajstić information content (AvgIpc) is 2.95. The van der Waals surface area contributed by atoms with Crippen molar-refractivity contribution in [3.63, 3.8) is 0 Å². The second-order valence-corrected chi connectivity index (χ2v) is 5.19. The number of halogens is 1. The molecule has 0 saturated heterocycles. The fourth-order valence-electron chi connectivity index (χ4n) is 2.12. The molecule has 2 nitrogen and oxygen atoms in total. The molecule has 1 aliphatic rings. The quantitative estimate of drug-likeness (QED) is 0.781. The zero-order valence-corrected chi connectivity index (χ0v) is 11.2. The van der Waals surface area contributed by atoms with E-state index in [4.69, 9.17) is 9.15 Å². The maximum atomic E-state index is 5.64. The largest absolute Gasteiger partial charge is 0.493 e. The Kier molecular flexibility index (Phi) is 2.71. The van der Waals surface area contributed by atoms with E-state index in [0.717, 1.165) is 30.3 Å². The Morgan fingerprint density at radius 1 is 1.24 bits per heavy atom. The predicted molar refractivity (Wildman–Crippen MR) is 69.9 cm³/mol. The Hall–Kier alpha value is -1.22. The summed E-state index contributed by atoms with van der Waals surface area (Å²) in [5, 5.41) is 0. The third-order valence-electron chi connectivity index (χ3n) is 3.02. The molecule has 3 rings (SSSR count). The lowest BCUT2D eigenvalue weighted by molar-refractivity contribution is 0.357. The van der Waals surface area contributed by atoms with Crippen molar-refractivity contribution in [2.24, 2.45) is 0 Å². The van der Waals surface area contributed by atoms with Gasteiger partial charge in [-0.2, -0.15) is 0 Å². The highest BCUT2D eigenvalue weighted by molar-refractivity contribution is 9.09. The SMILES string of the molecule is Cc1ccc(C(Br)c2ccc3c(c2)CCO3)o1. The maximum absolute atomic E-state index is 5.64. The Bertz CT molecular complexity index is 545. The average molecular weight is 293 g/mol. The molecule has 3 heteroatoms. The minimum Gasteiger partial charge on any atom is -0.493 e. The normalized spacial score (nSPS) is 15.4. The molecular weight excluding hydrogens is 280 g/mol. The van der Waals surface area contributed by atoms with Gasteiger partial charge in [0, 0.05) is 6.42 Å². The molecule has 0 radical (unpaired) electrons. The van der Waals surface area contributed by atoms with Crippen LogP contribution >= 0.6 is 15.9 Å². The number of fused-ring (bicyclic) bond motifs is 1. The van der Waals surface area contributed by atoms with Gasteiger partial charge in [0.05, 0.1) is 11.4 Å². The van der Waals surface area contributed by atoms with E-state index < -0.39 is 0 Å². The molecule has 1 aromatic heterocycles. The van der Waals surface area contributed by atoms with Gasteiger partial charge in [-0.25, -0.2) is 0 Å². The van der Waals surface area contributed by atoms with E-state index in [-0.39, 0.29) is 4.83 Å². The van der Waals surface area contributed by atoms with E-state index in [1.54, 1.807) is 0 Å². The molecule has 1 aliphatic heterocycles. The van der Waals surface area contributed by atoms with Gasteiger partial charge in [0.25, 0.3) is 0 Å². The van der Waals surface area contributed by atoms with Gasteiger partial charge in [0.2, 0.25) is 0 Å². The highest BCUT2D eigenvalue weighted by Gasteiger charge is 2.18. The summed E-state index contributed by atoms with van der Waals surface area (Å²) in [5.41, 5.74) is 2.50. The first kappa shape index (κ1) is 10.9. The summed E-state index contributed by atoms with van der Waals surface area (Å²) in [4.78, 5) is 0.113. The van der Waals surface area contributed by atoms with Crippen molar-refractivity contribution in [1.82, 2.24) is 0 Å². The fraction of sp³-hybridized carbons (Fsp3) is 0.286. The van der Waals surface area contributed by atoms with Gasteiger partial charge in [0.15, 0.2) is 0 Å². The molecule has 0 amide bonds. The van der Waals surface area contributed by atoms with E-state index in [2.05, 4.69) is 28.1 Å². The summed E-state index contributed by atoms with van der Waals surface area (Å²) in [5.74, 6) is 2.90. The van der Waals surface area contributed by atoms with Crippen LogP contribution in [0.5, 0.6) is 5.75 Å². The van der Waals surface area contributed by atoms with Crippen LogP contribution in [0.1, 0.15) is 27.5 Å². The lowest BCUT2D eigenvalue weighted by Gasteiger charge is -2.09. The minimum absolute atomic E-state index is 0.113. The van der Waals surface area contributed by atoms with Crippen LogP contribution in [0.15, 0.2) is 34.7 Å². The van der Waals surface area contributed by atoms with E-state index >= 15 is 0 Å². The molecule has 1 atom stereocenters. The van der Waals surface area contributed by atoms with Gasteiger partial charge in [-0.05, 0) is 36.2 Å². The first-order chi connectivity index (χ1) is 8.24. The van der Waals surface area contributed by atoms with Crippen LogP contribution in [0, 0.1) is 6.92 Å². The second-order valence-electron chi connectivity index (χ2n) is 4.28.